The van der Waals surface area contributed by atoms with Crippen LogP contribution >= 0.6 is 0 Å². The van der Waals surface area contributed by atoms with Crippen LogP contribution in [-0.2, 0) is 11.2 Å². The monoisotopic (exact) mass is 371 g/mol. The van der Waals surface area contributed by atoms with Crippen LogP contribution < -0.4 is 0 Å². The van der Waals surface area contributed by atoms with E-state index in [9.17, 15) is 14.0 Å². The van der Waals surface area contributed by atoms with Gasteiger partial charge in [0.25, 0.3) is 0 Å². The van der Waals surface area contributed by atoms with E-state index >= 15 is 0 Å². The Bertz CT molecular complexity index is 823. The molecule has 0 fully saturated rings. The van der Waals surface area contributed by atoms with Crippen LogP contribution in [-0.4, -0.2) is 23.3 Å². The first-order valence-electron chi connectivity index (χ1n) is 9.68. The number of Topliss-reactive ketones (excluding diaryl/α,β-unsaturated/α-hetero) is 1. The summed E-state index contributed by atoms with van der Waals surface area (Å²) >= 11 is 0. The van der Waals surface area contributed by atoms with E-state index in [1.54, 1.807) is 19.1 Å². The van der Waals surface area contributed by atoms with E-state index in [2.05, 4.69) is 11.9 Å². The minimum atomic E-state index is -0.399. The number of unbranched alkanes of at least 4 members (excludes halogenated alkanes) is 3. The van der Waals surface area contributed by atoms with E-state index in [-0.39, 0.29) is 17.5 Å². The van der Waals surface area contributed by atoms with Gasteiger partial charge in [-0.2, -0.15) is 0 Å². The number of hydrogen-bond acceptors (Lipinski definition) is 3. The SMILES string of the molecule is CCCCCCOC(=O)c1[nH]c2c(c1C)C(=O)CC(c1ccc(F)cc1)C2. The van der Waals surface area contributed by atoms with Gasteiger partial charge in [-0.15, -0.1) is 0 Å². The van der Waals surface area contributed by atoms with E-state index in [1.807, 2.05) is 0 Å². The molecule has 3 rings (SSSR count). The molecule has 1 heterocycles. The Balaban J connectivity index is 1.73. The Morgan fingerprint density at radius 1 is 1.19 bits per heavy atom. The summed E-state index contributed by atoms with van der Waals surface area (Å²) in [4.78, 5) is 28.2. The van der Waals surface area contributed by atoms with Crippen LogP contribution in [0.4, 0.5) is 4.39 Å². The molecule has 1 N–H and O–H groups in total. The second kappa shape index (κ2) is 8.51. The van der Waals surface area contributed by atoms with Crippen LogP contribution in [0.5, 0.6) is 0 Å². The van der Waals surface area contributed by atoms with Gasteiger partial charge in [-0.05, 0) is 48.9 Å². The number of aromatic amines is 1. The van der Waals surface area contributed by atoms with Gasteiger partial charge in [0.1, 0.15) is 11.5 Å². The zero-order valence-corrected chi connectivity index (χ0v) is 15.9. The van der Waals surface area contributed by atoms with Gasteiger partial charge < -0.3 is 9.72 Å². The molecular weight excluding hydrogens is 345 g/mol. The minimum Gasteiger partial charge on any atom is -0.461 e. The van der Waals surface area contributed by atoms with E-state index in [1.165, 1.54) is 12.1 Å². The highest BCUT2D eigenvalue weighted by Gasteiger charge is 2.32. The van der Waals surface area contributed by atoms with Gasteiger partial charge in [-0.1, -0.05) is 38.3 Å². The molecule has 2 aromatic rings. The lowest BCUT2D eigenvalue weighted by atomic mass is 9.81. The lowest BCUT2D eigenvalue weighted by Crippen LogP contribution is -2.18. The lowest BCUT2D eigenvalue weighted by molar-refractivity contribution is 0.0490. The number of hydrogen-bond donors (Lipinski definition) is 1. The van der Waals surface area contributed by atoms with Crippen LogP contribution in [0.3, 0.4) is 0 Å². The highest BCUT2D eigenvalue weighted by atomic mass is 19.1. The summed E-state index contributed by atoms with van der Waals surface area (Å²) in [6, 6.07) is 6.27. The number of H-pyrrole nitrogens is 1. The van der Waals surface area contributed by atoms with E-state index in [0.29, 0.717) is 36.3 Å². The van der Waals surface area contributed by atoms with E-state index in [0.717, 1.165) is 36.9 Å². The number of rotatable bonds is 7. The fraction of sp³-hybridized carbons (Fsp3) is 0.455. The van der Waals surface area contributed by atoms with Crippen molar-refractivity contribution in [2.45, 2.75) is 58.3 Å². The highest BCUT2D eigenvalue weighted by molar-refractivity contribution is 6.03. The molecule has 1 aliphatic rings. The predicted octanol–water partition coefficient (Wildman–Crippen LogP) is 5.11. The minimum absolute atomic E-state index is 0.0124. The van der Waals surface area contributed by atoms with Crippen molar-refractivity contribution in [3.8, 4) is 0 Å². The first kappa shape index (κ1) is 19.3. The van der Waals surface area contributed by atoms with E-state index in [4.69, 9.17) is 4.74 Å². The van der Waals surface area contributed by atoms with Crippen LogP contribution in [0, 0.1) is 12.7 Å². The maximum Gasteiger partial charge on any atom is 0.355 e. The highest BCUT2D eigenvalue weighted by Crippen LogP contribution is 2.35. The molecule has 0 amide bonds. The standard InChI is InChI=1S/C22H26FNO3/c1-3-4-5-6-11-27-22(26)21-14(2)20-18(24-21)12-16(13-19(20)25)15-7-9-17(23)10-8-15/h7-10,16,24H,3-6,11-13H2,1-2H3. The van der Waals surface area contributed by atoms with Crippen molar-refractivity contribution in [1.29, 1.82) is 0 Å². The third-order valence-corrected chi connectivity index (χ3v) is 5.27. The number of nitrogens with one attached hydrogen (secondary N) is 1. The van der Waals surface area contributed by atoms with Gasteiger partial charge in [-0.3, -0.25) is 4.79 Å². The summed E-state index contributed by atoms with van der Waals surface area (Å²) in [6.45, 7) is 4.32. The predicted molar refractivity (Wildman–Crippen MR) is 102 cm³/mol. The summed E-state index contributed by atoms with van der Waals surface area (Å²) in [6.07, 6.45) is 5.15. The van der Waals surface area contributed by atoms with Crippen molar-refractivity contribution >= 4 is 11.8 Å². The van der Waals surface area contributed by atoms with Crippen LogP contribution in [0.1, 0.15) is 82.6 Å². The first-order chi connectivity index (χ1) is 13.0. The zero-order valence-electron chi connectivity index (χ0n) is 15.9. The normalized spacial score (nSPS) is 16.3. The molecule has 0 radical (unpaired) electrons. The van der Waals surface area contributed by atoms with E-state index < -0.39 is 5.97 Å². The zero-order chi connectivity index (χ0) is 19.4. The number of benzene rings is 1. The average molecular weight is 371 g/mol. The maximum absolute atomic E-state index is 13.2. The van der Waals surface area contributed by atoms with Crippen LogP contribution in [0.25, 0.3) is 0 Å². The Kier molecular flexibility index (Phi) is 6.09. The van der Waals surface area contributed by atoms with Gasteiger partial charge in [0, 0.05) is 17.7 Å². The topological polar surface area (TPSA) is 59.2 Å². The number of ether oxygens (including phenoxy) is 1. The smallest absolute Gasteiger partial charge is 0.355 e. The summed E-state index contributed by atoms with van der Waals surface area (Å²) in [5, 5.41) is 0. The average Bonchev–Trinajstić information content (AvgIpc) is 2.99. The molecule has 5 heteroatoms. The molecule has 144 valence electrons. The molecule has 1 aliphatic carbocycles. The molecule has 0 bridgehead atoms. The third-order valence-electron chi connectivity index (χ3n) is 5.27. The fourth-order valence-electron chi connectivity index (χ4n) is 3.77. The van der Waals surface area contributed by atoms with Crippen molar-refractivity contribution in [3.63, 3.8) is 0 Å². The third kappa shape index (κ3) is 4.29. The largest absolute Gasteiger partial charge is 0.461 e. The molecule has 1 aromatic carbocycles. The van der Waals surface area contributed by atoms with Gasteiger partial charge in [0.05, 0.1) is 6.61 Å². The summed E-state index contributed by atoms with van der Waals surface area (Å²) in [5.74, 6) is -0.686. The number of ketones is 1. The molecule has 1 aromatic heterocycles. The van der Waals surface area contributed by atoms with Crippen molar-refractivity contribution in [1.82, 2.24) is 4.98 Å². The van der Waals surface area contributed by atoms with Gasteiger partial charge in [0.15, 0.2) is 5.78 Å². The number of fused-ring (bicyclic) bond motifs is 1. The Hall–Kier alpha value is -2.43. The Labute approximate surface area is 159 Å². The number of esters is 1. The molecule has 0 saturated carbocycles. The van der Waals surface area contributed by atoms with Crippen LogP contribution in [0.15, 0.2) is 24.3 Å². The van der Waals surface area contributed by atoms with Gasteiger partial charge in [-0.25, -0.2) is 9.18 Å². The molecular formula is C22H26FNO3. The second-order valence-electron chi connectivity index (χ2n) is 7.26. The molecule has 1 unspecified atom stereocenters. The summed E-state index contributed by atoms with van der Waals surface area (Å²) in [7, 11) is 0. The lowest BCUT2D eigenvalue weighted by Gasteiger charge is -2.22. The molecule has 1 atom stereocenters. The number of carbonyl (C=O) groups is 2. The Morgan fingerprint density at radius 3 is 2.63 bits per heavy atom. The summed E-state index contributed by atoms with van der Waals surface area (Å²) in [5.41, 5.74) is 3.37. The molecule has 4 nitrogen and oxygen atoms in total. The van der Waals surface area contributed by atoms with Crippen LogP contribution in [0.2, 0.25) is 0 Å². The van der Waals surface area contributed by atoms with Gasteiger partial charge >= 0.3 is 5.97 Å². The number of aromatic nitrogens is 1. The number of halogens is 1. The number of carbonyl (C=O) groups excluding carboxylic acids is 2. The van der Waals surface area contributed by atoms with Crippen molar-refractivity contribution < 1.29 is 18.7 Å². The van der Waals surface area contributed by atoms with Gasteiger partial charge in [0.2, 0.25) is 0 Å². The first-order valence-corrected chi connectivity index (χ1v) is 9.68. The van der Waals surface area contributed by atoms with Crippen molar-refractivity contribution in [2.24, 2.45) is 0 Å². The molecule has 0 spiro atoms. The molecule has 0 saturated heterocycles. The maximum atomic E-state index is 13.2. The van der Waals surface area contributed by atoms with Crippen molar-refractivity contribution in [3.05, 3.63) is 58.2 Å². The van der Waals surface area contributed by atoms with Crippen molar-refractivity contribution in [2.75, 3.05) is 6.61 Å². The summed E-state index contributed by atoms with van der Waals surface area (Å²) < 4.78 is 18.5. The molecule has 0 aliphatic heterocycles. The quantitative estimate of drug-likeness (QED) is 0.543. The Morgan fingerprint density at radius 2 is 1.93 bits per heavy atom. The molecule has 27 heavy (non-hydrogen) atoms. The fourth-order valence-corrected chi connectivity index (χ4v) is 3.77. The second-order valence-corrected chi connectivity index (χ2v) is 7.26.